The molecule has 0 amide bonds. The van der Waals surface area contributed by atoms with Crippen molar-refractivity contribution in [3.05, 3.63) is 56.7 Å². The number of nitrogens with zero attached hydrogens (tertiary/aromatic N) is 3. The zero-order chi connectivity index (χ0) is 17.2. The molecule has 0 bridgehead atoms. The van der Waals surface area contributed by atoms with Crippen molar-refractivity contribution in [1.29, 1.82) is 5.26 Å². The molecule has 0 spiro atoms. The molecule has 0 fully saturated rings. The Kier molecular flexibility index (Phi) is 4.60. The number of benzene rings is 1. The van der Waals surface area contributed by atoms with Gasteiger partial charge >= 0.3 is 0 Å². The lowest BCUT2D eigenvalue weighted by atomic mass is 9.97. The van der Waals surface area contributed by atoms with Crippen LogP contribution in [0.4, 0.5) is 0 Å². The number of aryl methyl sites for hydroxylation is 2. The highest BCUT2D eigenvalue weighted by Crippen LogP contribution is 2.34. The predicted molar refractivity (Wildman–Crippen MR) is 102 cm³/mol. The third-order valence-electron chi connectivity index (χ3n) is 4.49. The Morgan fingerprint density at radius 2 is 2.04 bits per heavy atom. The van der Waals surface area contributed by atoms with E-state index in [9.17, 15) is 4.79 Å². The molecule has 0 saturated carbocycles. The van der Waals surface area contributed by atoms with Gasteiger partial charge in [-0.3, -0.25) is 9.36 Å². The number of thiophene rings is 1. The second kappa shape index (κ2) is 7.03. The lowest BCUT2D eigenvalue weighted by Gasteiger charge is -2.13. The molecule has 1 aliphatic rings. The van der Waals surface area contributed by atoms with Gasteiger partial charge < -0.3 is 0 Å². The third-order valence-corrected chi connectivity index (χ3v) is 6.52. The number of fused-ring (bicyclic) bond motifs is 3. The van der Waals surface area contributed by atoms with Crippen molar-refractivity contribution in [2.45, 2.75) is 37.4 Å². The van der Waals surface area contributed by atoms with Crippen molar-refractivity contribution in [1.82, 2.24) is 9.55 Å². The highest BCUT2D eigenvalue weighted by molar-refractivity contribution is 7.99. The summed E-state index contributed by atoms with van der Waals surface area (Å²) in [5, 5.41) is 10.4. The summed E-state index contributed by atoms with van der Waals surface area (Å²) < 4.78 is 1.74. The molecule has 3 aromatic rings. The molecule has 0 radical (unpaired) electrons. The fraction of sp³-hybridized carbons (Fsp3) is 0.316. The number of hydrogen-bond acceptors (Lipinski definition) is 5. The van der Waals surface area contributed by atoms with Gasteiger partial charge in [0.05, 0.1) is 23.8 Å². The molecule has 0 N–H and O–H groups in total. The molecule has 4 nitrogen and oxygen atoms in total. The SMILES string of the molecule is N#CCSc1nc2sc3c(c2c(=O)n1Cc1ccccc1)CCCC3. The van der Waals surface area contributed by atoms with E-state index in [1.807, 2.05) is 30.3 Å². The summed E-state index contributed by atoms with van der Waals surface area (Å²) in [4.78, 5) is 20.2. The Hall–Kier alpha value is -2.10. The number of rotatable bonds is 4. The van der Waals surface area contributed by atoms with Gasteiger partial charge in [-0.25, -0.2) is 4.98 Å². The van der Waals surface area contributed by atoms with Crippen LogP contribution in [0.1, 0.15) is 28.8 Å². The van der Waals surface area contributed by atoms with Crippen LogP contribution in [-0.2, 0) is 19.4 Å². The van der Waals surface area contributed by atoms with Gasteiger partial charge in [-0.1, -0.05) is 42.1 Å². The molecule has 4 rings (SSSR count). The molecule has 126 valence electrons. The minimum atomic E-state index is 0.0358. The average molecular weight is 367 g/mol. The summed E-state index contributed by atoms with van der Waals surface area (Å²) in [5.74, 6) is 0.290. The minimum absolute atomic E-state index is 0.0358. The van der Waals surface area contributed by atoms with Crippen molar-refractivity contribution in [3.63, 3.8) is 0 Å². The van der Waals surface area contributed by atoms with E-state index in [4.69, 9.17) is 10.2 Å². The summed E-state index contributed by atoms with van der Waals surface area (Å²) in [6, 6.07) is 12.1. The minimum Gasteiger partial charge on any atom is -0.283 e. The molecule has 25 heavy (non-hydrogen) atoms. The Morgan fingerprint density at radius 1 is 1.24 bits per heavy atom. The van der Waals surface area contributed by atoms with E-state index >= 15 is 0 Å². The van der Waals surface area contributed by atoms with Crippen molar-refractivity contribution in [2.24, 2.45) is 0 Å². The van der Waals surface area contributed by atoms with Crippen molar-refractivity contribution in [3.8, 4) is 6.07 Å². The second-order valence-electron chi connectivity index (χ2n) is 6.11. The average Bonchev–Trinajstić information content (AvgIpc) is 3.02. The molecule has 0 unspecified atom stereocenters. The fourth-order valence-corrected chi connectivity index (χ4v) is 5.29. The van der Waals surface area contributed by atoms with Gasteiger partial charge in [0.2, 0.25) is 0 Å². The number of hydrogen-bond donors (Lipinski definition) is 0. The second-order valence-corrected chi connectivity index (χ2v) is 8.14. The molecule has 6 heteroatoms. The van der Waals surface area contributed by atoms with Crippen LogP contribution in [0.3, 0.4) is 0 Å². The monoisotopic (exact) mass is 367 g/mol. The first-order valence-corrected chi connectivity index (χ1v) is 10.2. The van der Waals surface area contributed by atoms with Crippen molar-refractivity contribution in [2.75, 3.05) is 5.75 Å². The van der Waals surface area contributed by atoms with Crippen LogP contribution in [0, 0.1) is 11.3 Å². The lowest BCUT2D eigenvalue weighted by Crippen LogP contribution is -2.24. The first-order valence-electron chi connectivity index (χ1n) is 8.36. The molecular weight excluding hydrogens is 350 g/mol. The maximum Gasteiger partial charge on any atom is 0.263 e. The van der Waals surface area contributed by atoms with Crippen LogP contribution in [0.15, 0.2) is 40.3 Å². The van der Waals surface area contributed by atoms with Gasteiger partial charge in [0.25, 0.3) is 5.56 Å². The number of aromatic nitrogens is 2. The van der Waals surface area contributed by atoms with E-state index in [1.54, 1.807) is 15.9 Å². The maximum absolute atomic E-state index is 13.3. The highest BCUT2D eigenvalue weighted by Gasteiger charge is 2.22. The molecule has 2 aromatic heterocycles. The van der Waals surface area contributed by atoms with Gasteiger partial charge in [0.1, 0.15) is 4.83 Å². The topological polar surface area (TPSA) is 58.7 Å². The lowest BCUT2D eigenvalue weighted by molar-refractivity contribution is 0.656. The summed E-state index contributed by atoms with van der Waals surface area (Å²) in [6.07, 6.45) is 4.35. The normalized spacial score (nSPS) is 13.6. The van der Waals surface area contributed by atoms with Crippen LogP contribution in [-0.4, -0.2) is 15.3 Å². The van der Waals surface area contributed by atoms with Gasteiger partial charge in [-0.2, -0.15) is 5.26 Å². The predicted octanol–water partition coefficient (Wildman–Crippen LogP) is 4.00. The van der Waals surface area contributed by atoms with Crippen LogP contribution >= 0.6 is 23.1 Å². The Morgan fingerprint density at radius 3 is 2.84 bits per heavy atom. The fourth-order valence-electron chi connectivity index (χ4n) is 3.33. The van der Waals surface area contributed by atoms with Crippen LogP contribution in [0.25, 0.3) is 10.2 Å². The van der Waals surface area contributed by atoms with Crippen molar-refractivity contribution < 1.29 is 0 Å². The van der Waals surface area contributed by atoms with Gasteiger partial charge in [0, 0.05) is 4.88 Å². The molecule has 0 aliphatic heterocycles. The summed E-state index contributed by atoms with van der Waals surface area (Å²) in [7, 11) is 0. The van der Waals surface area contributed by atoms with E-state index in [1.165, 1.54) is 28.6 Å². The van der Waals surface area contributed by atoms with Crippen LogP contribution in [0.2, 0.25) is 0 Å². The molecule has 1 aliphatic carbocycles. The molecular formula is C19H17N3OS2. The molecule has 1 aromatic carbocycles. The van der Waals surface area contributed by atoms with E-state index in [2.05, 4.69) is 6.07 Å². The Labute approximate surface area is 154 Å². The Balaban J connectivity index is 1.89. The van der Waals surface area contributed by atoms with Gasteiger partial charge in [-0.05, 0) is 36.8 Å². The van der Waals surface area contributed by atoms with E-state index in [-0.39, 0.29) is 11.3 Å². The Bertz CT molecular complexity index is 1020. The standard InChI is InChI=1S/C19H17N3OS2/c20-10-11-24-19-21-17-16(14-8-4-5-9-15(14)25-17)18(23)22(19)12-13-6-2-1-3-7-13/h1-3,6-7H,4-5,8-9,11-12H2. The first-order chi connectivity index (χ1) is 12.3. The van der Waals surface area contributed by atoms with Crippen LogP contribution < -0.4 is 5.56 Å². The summed E-state index contributed by atoms with van der Waals surface area (Å²) in [6.45, 7) is 0.487. The molecule has 0 saturated heterocycles. The van der Waals surface area contributed by atoms with Gasteiger partial charge in [-0.15, -0.1) is 11.3 Å². The smallest absolute Gasteiger partial charge is 0.263 e. The number of nitriles is 1. The van der Waals surface area contributed by atoms with E-state index in [0.29, 0.717) is 11.7 Å². The number of thioether (sulfide) groups is 1. The first kappa shape index (κ1) is 16.4. The zero-order valence-electron chi connectivity index (χ0n) is 13.7. The summed E-state index contributed by atoms with van der Waals surface area (Å²) >= 11 is 2.99. The van der Waals surface area contributed by atoms with E-state index in [0.717, 1.165) is 35.0 Å². The third kappa shape index (κ3) is 3.10. The van der Waals surface area contributed by atoms with E-state index < -0.39 is 0 Å². The van der Waals surface area contributed by atoms with Crippen molar-refractivity contribution >= 4 is 33.3 Å². The highest BCUT2D eigenvalue weighted by atomic mass is 32.2. The van der Waals surface area contributed by atoms with Gasteiger partial charge in [0.15, 0.2) is 5.16 Å². The summed E-state index contributed by atoms with van der Waals surface area (Å²) in [5.41, 5.74) is 2.31. The maximum atomic E-state index is 13.3. The zero-order valence-corrected chi connectivity index (χ0v) is 15.3. The molecule has 0 atom stereocenters. The largest absolute Gasteiger partial charge is 0.283 e. The van der Waals surface area contributed by atoms with Crippen LogP contribution in [0.5, 0.6) is 0 Å². The molecule has 2 heterocycles. The quantitative estimate of drug-likeness (QED) is 0.516.